The molecular formula is C19H34O16. The molecule has 0 aromatic rings. The van der Waals surface area contributed by atoms with E-state index in [0.717, 1.165) is 0 Å². The predicted molar refractivity (Wildman–Crippen MR) is 106 cm³/mol. The summed E-state index contributed by atoms with van der Waals surface area (Å²) in [5, 5.41) is 99.5. The molecule has 15 atom stereocenters. The molecule has 3 rings (SSSR count). The highest BCUT2D eigenvalue weighted by molar-refractivity contribution is 4.94. The van der Waals surface area contributed by atoms with E-state index in [1.807, 2.05) is 0 Å². The van der Waals surface area contributed by atoms with Gasteiger partial charge in [-0.1, -0.05) is 0 Å². The van der Waals surface area contributed by atoms with Gasteiger partial charge in [-0.05, 0) is 0 Å². The van der Waals surface area contributed by atoms with Crippen LogP contribution in [-0.2, 0) is 28.4 Å². The molecule has 3 saturated heterocycles. The highest BCUT2D eigenvalue weighted by Gasteiger charge is 2.51. The summed E-state index contributed by atoms with van der Waals surface area (Å²) in [6.07, 6.45) is -23.3. The Morgan fingerprint density at radius 3 is 1.51 bits per heavy atom. The minimum Gasteiger partial charge on any atom is -0.394 e. The monoisotopic (exact) mass is 518 g/mol. The summed E-state index contributed by atoms with van der Waals surface area (Å²) in [6, 6.07) is 0. The summed E-state index contributed by atoms with van der Waals surface area (Å²) in [5.41, 5.74) is 0. The van der Waals surface area contributed by atoms with Crippen molar-refractivity contribution in [3.05, 3.63) is 0 Å². The molecule has 0 radical (unpaired) electrons. The Kier molecular flexibility index (Phi) is 10.1. The average molecular weight is 518 g/mol. The van der Waals surface area contributed by atoms with Gasteiger partial charge in [0.15, 0.2) is 18.9 Å². The number of hydrogen-bond donors (Lipinski definition) is 10. The van der Waals surface area contributed by atoms with Crippen LogP contribution in [-0.4, -0.2) is 170 Å². The second kappa shape index (κ2) is 12.3. The number of aliphatic hydroxyl groups excluding tert-OH is 10. The zero-order chi connectivity index (χ0) is 26.0. The highest BCUT2D eigenvalue weighted by Crippen LogP contribution is 2.30. The Hall–Kier alpha value is -0.640. The average Bonchev–Trinajstić information content (AvgIpc) is 2.85. The summed E-state index contributed by atoms with van der Waals surface area (Å²) in [6.45, 7) is -1.88. The molecule has 0 aromatic heterocycles. The van der Waals surface area contributed by atoms with Gasteiger partial charge >= 0.3 is 0 Å². The van der Waals surface area contributed by atoms with Crippen molar-refractivity contribution >= 4 is 0 Å². The van der Waals surface area contributed by atoms with Crippen molar-refractivity contribution < 1.29 is 79.5 Å². The quantitative estimate of drug-likeness (QED) is 0.143. The third-order valence-corrected chi connectivity index (χ3v) is 6.29. The van der Waals surface area contributed by atoms with Gasteiger partial charge in [0.2, 0.25) is 0 Å². The Labute approximate surface area is 199 Å². The van der Waals surface area contributed by atoms with Gasteiger partial charge < -0.3 is 79.5 Å². The minimum absolute atomic E-state index is 0.506. The third kappa shape index (κ3) is 5.93. The molecule has 10 N–H and O–H groups in total. The van der Waals surface area contributed by atoms with Crippen LogP contribution in [0.4, 0.5) is 0 Å². The van der Waals surface area contributed by atoms with Crippen molar-refractivity contribution in [2.24, 2.45) is 0 Å². The maximum absolute atomic E-state index is 10.6. The molecule has 3 aliphatic rings. The van der Waals surface area contributed by atoms with E-state index in [4.69, 9.17) is 28.4 Å². The van der Waals surface area contributed by atoms with E-state index in [2.05, 4.69) is 0 Å². The first kappa shape index (κ1) is 28.9. The minimum atomic E-state index is -1.78. The molecule has 0 bridgehead atoms. The molecular weight excluding hydrogens is 484 g/mol. The summed E-state index contributed by atoms with van der Waals surface area (Å²) in [5.74, 6) is 0. The molecule has 16 nitrogen and oxygen atoms in total. The largest absolute Gasteiger partial charge is 0.394 e. The number of ether oxygens (including phenoxy) is 6. The fourth-order valence-corrected chi connectivity index (χ4v) is 4.11. The maximum Gasteiger partial charge on any atom is 0.187 e. The molecule has 16 heteroatoms. The van der Waals surface area contributed by atoms with Gasteiger partial charge in [-0.25, -0.2) is 0 Å². The SMILES string of the molecule is CO[C@H]1O[C@H](CO[C@H]2O[C@H](CO)[C@@H](O)[C@H](O)[C@H]2O)[C@@H](O)[C@H](O)[C@H]1O[C@H]1O[C@H](CO)[C@@H](O)[C@H](O)[C@H]1O. The van der Waals surface area contributed by atoms with Gasteiger partial charge in [0.1, 0.15) is 73.2 Å². The van der Waals surface area contributed by atoms with Crippen molar-refractivity contribution in [3.8, 4) is 0 Å². The Morgan fingerprint density at radius 1 is 0.543 bits per heavy atom. The molecule has 0 spiro atoms. The van der Waals surface area contributed by atoms with Crippen molar-refractivity contribution in [2.45, 2.75) is 92.1 Å². The van der Waals surface area contributed by atoms with Gasteiger partial charge in [0.25, 0.3) is 0 Å². The smallest absolute Gasteiger partial charge is 0.187 e. The van der Waals surface area contributed by atoms with Crippen LogP contribution >= 0.6 is 0 Å². The standard InChI is InChI=1S/C19H34O16/c1-30-19-16(35-18-15(29)12(26)9(23)6(3-21)33-18)13(27)10(24)7(34-19)4-31-17-14(28)11(25)8(22)5(2-20)32-17/h5-29H,2-4H2,1H3/t5-,6-,7-,8-,9-,10-,11+,12+,13+,14-,15-,16-,17+,18-,19+/m1/s1. The molecule has 0 amide bonds. The molecule has 3 fully saturated rings. The summed E-state index contributed by atoms with van der Waals surface area (Å²) >= 11 is 0. The second-order valence-corrected chi connectivity index (χ2v) is 8.59. The van der Waals surface area contributed by atoms with Gasteiger partial charge in [-0.3, -0.25) is 0 Å². The van der Waals surface area contributed by atoms with Crippen molar-refractivity contribution in [3.63, 3.8) is 0 Å². The zero-order valence-electron chi connectivity index (χ0n) is 18.7. The van der Waals surface area contributed by atoms with Crippen molar-refractivity contribution in [1.29, 1.82) is 0 Å². The van der Waals surface area contributed by atoms with Crippen LogP contribution in [0.5, 0.6) is 0 Å². The van der Waals surface area contributed by atoms with Gasteiger partial charge in [-0.2, -0.15) is 0 Å². The van der Waals surface area contributed by atoms with E-state index in [-0.39, 0.29) is 0 Å². The summed E-state index contributed by atoms with van der Waals surface area (Å²) < 4.78 is 32.0. The van der Waals surface area contributed by atoms with E-state index in [9.17, 15) is 51.1 Å². The van der Waals surface area contributed by atoms with E-state index in [1.165, 1.54) is 7.11 Å². The van der Waals surface area contributed by atoms with E-state index < -0.39 is 112 Å². The van der Waals surface area contributed by atoms with E-state index in [1.54, 1.807) is 0 Å². The predicted octanol–water partition coefficient (Wildman–Crippen LogP) is -6.92. The van der Waals surface area contributed by atoms with Gasteiger partial charge in [0.05, 0.1) is 19.8 Å². The third-order valence-electron chi connectivity index (χ3n) is 6.29. The highest BCUT2D eigenvalue weighted by atomic mass is 16.8. The van der Waals surface area contributed by atoms with Crippen LogP contribution in [0, 0.1) is 0 Å². The lowest BCUT2D eigenvalue weighted by atomic mass is 9.97. The van der Waals surface area contributed by atoms with Gasteiger partial charge in [-0.15, -0.1) is 0 Å². The fraction of sp³-hybridized carbons (Fsp3) is 1.00. The molecule has 35 heavy (non-hydrogen) atoms. The number of rotatable bonds is 8. The Morgan fingerprint density at radius 2 is 1.00 bits per heavy atom. The number of methoxy groups -OCH3 is 1. The van der Waals surface area contributed by atoms with Crippen LogP contribution in [0.25, 0.3) is 0 Å². The zero-order valence-corrected chi connectivity index (χ0v) is 18.7. The van der Waals surface area contributed by atoms with Gasteiger partial charge in [0, 0.05) is 7.11 Å². The first-order valence-electron chi connectivity index (χ1n) is 11.0. The van der Waals surface area contributed by atoms with Crippen LogP contribution < -0.4 is 0 Å². The normalized spacial score (nSPS) is 51.3. The Bertz CT molecular complexity index is 648. The molecule has 0 aliphatic carbocycles. The lowest BCUT2D eigenvalue weighted by molar-refractivity contribution is -0.369. The maximum atomic E-state index is 10.6. The summed E-state index contributed by atoms with van der Waals surface area (Å²) in [7, 11) is 1.19. The molecule has 0 unspecified atom stereocenters. The first-order valence-corrected chi connectivity index (χ1v) is 11.0. The fourth-order valence-electron chi connectivity index (χ4n) is 4.11. The molecule has 0 aromatic carbocycles. The molecule has 206 valence electrons. The number of aliphatic hydroxyl groups is 10. The lowest BCUT2D eigenvalue weighted by Crippen LogP contribution is -2.65. The van der Waals surface area contributed by atoms with Crippen molar-refractivity contribution in [1.82, 2.24) is 0 Å². The first-order chi connectivity index (χ1) is 16.5. The van der Waals surface area contributed by atoms with Crippen molar-refractivity contribution in [2.75, 3.05) is 26.9 Å². The topological polar surface area (TPSA) is 258 Å². The Balaban J connectivity index is 1.63. The second-order valence-electron chi connectivity index (χ2n) is 8.59. The number of hydrogen-bond acceptors (Lipinski definition) is 16. The van der Waals surface area contributed by atoms with Crippen LogP contribution in [0.15, 0.2) is 0 Å². The summed E-state index contributed by atoms with van der Waals surface area (Å²) in [4.78, 5) is 0. The van der Waals surface area contributed by atoms with Crippen LogP contribution in [0.2, 0.25) is 0 Å². The molecule has 3 aliphatic heterocycles. The van der Waals surface area contributed by atoms with E-state index >= 15 is 0 Å². The molecule has 3 heterocycles. The molecule has 0 saturated carbocycles. The van der Waals surface area contributed by atoms with Crippen LogP contribution in [0.1, 0.15) is 0 Å². The van der Waals surface area contributed by atoms with E-state index in [0.29, 0.717) is 0 Å². The lowest BCUT2D eigenvalue weighted by Gasteiger charge is -2.46. The van der Waals surface area contributed by atoms with Crippen LogP contribution in [0.3, 0.4) is 0 Å².